The number of ether oxygens (including phenoxy) is 1. The van der Waals surface area contributed by atoms with Gasteiger partial charge in [-0.25, -0.2) is 0 Å². The molecule has 1 fully saturated rings. The van der Waals surface area contributed by atoms with E-state index in [0.717, 1.165) is 0 Å². The van der Waals surface area contributed by atoms with Gasteiger partial charge in [-0.3, -0.25) is 9.59 Å². The Kier molecular flexibility index (Phi) is 5.21. The molecule has 5 atom stereocenters. The number of aliphatic hydroxyl groups excluding tert-OH is 3. The summed E-state index contributed by atoms with van der Waals surface area (Å²) in [6.07, 6.45) is -4.12. The van der Waals surface area contributed by atoms with E-state index in [-0.39, 0.29) is 18.1 Å². The SMILES string of the molecule is CC(=O)C[C@H]1O[C@H]([C@H](O)CO)[C@H](O)[C@H]1NC(C)=O. The molecule has 1 heterocycles. The van der Waals surface area contributed by atoms with E-state index in [1.807, 2.05) is 0 Å². The molecule has 1 aliphatic heterocycles. The Labute approximate surface area is 105 Å². The smallest absolute Gasteiger partial charge is 0.217 e. The van der Waals surface area contributed by atoms with Crippen LogP contribution in [0.5, 0.6) is 0 Å². The summed E-state index contributed by atoms with van der Waals surface area (Å²) in [7, 11) is 0. The maximum atomic E-state index is 11.1. The molecule has 1 rings (SSSR count). The zero-order valence-electron chi connectivity index (χ0n) is 10.4. The highest BCUT2D eigenvalue weighted by Crippen LogP contribution is 2.26. The largest absolute Gasteiger partial charge is 0.394 e. The van der Waals surface area contributed by atoms with Crippen LogP contribution in [0.3, 0.4) is 0 Å². The first-order valence-corrected chi connectivity index (χ1v) is 5.75. The van der Waals surface area contributed by atoms with Crippen LogP contribution in [0, 0.1) is 0 Å². The lowest BCUT2D eigenvalue weighted by Gasteiger charge is -2.21. The van der Waals surface area contributed by atoms with Gasteiger partial charge in [-0.1, -0.05) is 0 Å². The maximum Gasteiger partial charge on any atom is 0.217 e. The lowest BCUT2D eigenvalue weighted by Crippen LogP contribution is -2.49. The molecule has 0 aromatic carbocycles. The van der Waals surface area contributed by atoms with Gasteiger partial charge in [-0.05, 0) is 6.92 Å². The standard InChI is InChI=1S/C11H19NO6/c1-5(14)3-8-9(12-6(2)15)10(17)11(18-8)7(16)4-13/h7-11,13,16-17H,3-4H2,1-2H3,(H,12,15)/t7-,8-,9+,10-,11-/m1/s1. The van der Waals surface area contributed by atoms with Crippen molar-refractivity contribution in [1.82, 2.24) is 5.32 Å². The average Bonchev–Trinajstić information content (AvgIpc) is 2.55. The molecule has 0 spiro atoms. The van der Waals surface area contributed by atoms with Gasteiger partial charge in [0.25, 0.3) is 0 Å². The minimum Gasteiger partial charge on any atom is -0.394 e. The van der Waals surface area contributed by atoms with E-state index in [9.17, 15) is 19.8 Å². The molecule has 7 nitrogen and oxygen atoms in total. The summed E-state index contributed by atoms with van der Waals surface area (Å²) >= 11 is 0. The average molecular weight is 261 g/mol. The first-order chi connectivity index (χ1) is 8.36. The molecule has 0 aromatic heterocycles. The van der Waals surface area contributed by atoms with E-state index < -0.39 is 37.1 Å². The number of hydrogen-bond donors (Lipinski definition) is 4. The van der Waals surface area contributed by atoms with Gasteiger partial charge in [0.2, 0.25) is 5.91 Å². The van der Waals surface area contributed by atoms with E-state index in [4.69, 9.17) is 9.84 Å². The number of carbonyl (C=O) groups is 2. The number of carbonyl (C=O) groups excluding carboxylic acids is 2. The van der Waals surface area contributed by atoms with Gasteiger partial charge in [0.1, 0.15) is 24.1 Å². The number of ketones is 1. The molecular weight excluding hydrogens is 242 g/mol. The van der Waals surface area contributed by atoms with Crippen LogP contribution in [-0.2, 0) is 14.3 Å². The van der Waals surface area contributed by atoms with Crippen molar-refractivity contribution in [3.63, 3.8) is 0 Å². The Morgan fingerprint density at radius 1 is 1.39 bits per heavy atom. The molecular formula is C11H19NO6. The minimum atomic E-state index is -1.26. The third-order valence-electron chi connectivity index (χ3n) is 2.86. The molecule has 1 aliphatic rings. The Balaban J connectivity index is 2.80. The summed E-state index contributed by atoms with van der Waals surface area (Å²) in [6, 6.07) is -0.766. The van der Waals surface area contributed by atoms with Crippen molar-refractivity contribution < 1.29 is 29.6 Å². The van der Waals surface area contributed by atoms with Crippen molar-refractivity contribution >= 4 is 11.7 Å². The van der Waals surface area contributed by atoms with Crippen LogP contribution < -0.4 is 5.32 Å². The third-order valence-corrected chi connectivity index (χ3v) is 2.86. The highest BCUT2D eigenvalue weighted by Gasteiger charge is 2.47. The first kappa shape index (κ1) is 15.0. The van der Waals surface area contributed by atoms with Gasteiger partial charge in [-0.2, -0.15) is 0 Å². The number of hydrogen-bond acceptors (Lipinski definition) is 6. The quantitative estimate of drug-likeness (QED) is 0.453. The number of Topliss-reactive ketones (excluding diaryl/α,β-unsaturated/α-hetero) is 1. The van der Waals surface area contributed by atoms with E-state index in [1.165, 1.54) is 13.8 Å². The Hall–Kier alpha value is -1.02. The zero-order valence-corrected chi connectivity index (χ0v) is 10.4. The first-order valence-electron chi connectivity index (χ1n) is 5.75. The van der Waals surface area contributed by atoms with Crippen molar-refractivity contribution in [1.29, 1.82) is 0 Å². The van der Waals surface area contributed by atoms with Gasteiger partial charge < -0.3 is 25.4 Å². The Morgan fingerprint density at radius 2 is 2.00 bits per heavy atom. The fraction of sp³-hybridized carbons (Fsp3) is 0.818. The Morgan fingerprint density at radius 3 is 2.44 bits per heavy atom. The van der Waals surface area contributed by atoms with Crippen LogP contribution >= 0.6 is 0 Å². The van der Waals surface area contributed by atoms with E-state index >= 15 is 0 Å². The van der Waals surface area contributed by atoms with E-state index in [1.54, 1.807) is 0 Å². The predicted octanol–water partition coefficient (Wildman–Crippen LogP) is -2.05. The fourth-order valence-corrected chi connectivity index (χ4v) is 2.08. The number of amides is 1. The molecule has 0 unspecified atom stereocenters. The predicted molar refractivity (Wildman–Crippen MR) is 60.7 cm³/mol. The molecule has 7 heteroatoms. The molecule has 0 aromatic rings. The second-order valence-electron chi connectivity index (χ2n) is 4.51. The Bertz CT molecular complexity index is 321. The molecule has 0 saturated carbocycles. The van der Waals surface area contributed by atoms with Crippen molar-refractivity contribution in [3.05, 3.63) is 0 Å². The summed E-state index contributed by atoms with van der Waals surface area (Å²) in [5.41, 5.74) is 0. The number of nitrogens with one attached hydrogen (secondary N) is 1. The van der Waals surface area contributed by atoms with Gasteiger partial charge >= 0.3 is 0 Å². The van der Waals surface area contributed by atoms with Gasteiger partial charge in [0.05, 0.1) is 18.8 Å². The molecule has 1 amide bonds. The summed E-state index contributed by atoms with van der Waals surface area (Å²) in [4.78, 5) is 22.1. The highest BCUT2D eigenvalue weighted by atomic mass is 16.5. The lowest BCUT2D eigenvalue weighted by molar-refractivity contribution is -0.124. The molecule has 0 radical (unpaired) electrons. The normalized spacial score (nSPS) is 33.2. The number of aliphatic hydroxyl groups is 3. The number of rotatable bonds is 5. The van der Waals surface area contributed by atoms with Crippen molar-refractivity contribution in [2.45, 2.75) is 50.7 Å². The van der Waals surface area contributed by atoms with Gasteiger partial charge in [0, 0.05) is 13.3 Å². The maximum absolute atomic E-state index is 11.1. The van der Waals surface area contributed by atoms with Crippen molar-refractivity contribution in [2.75, 3.05) is 6.61 Å². The molecule has 4 N–H and O–H groups in total. The van der Waals surface area contributed by atoms with E-state index in [2.05, 4.69) is 5.32 Å². The summed E-state index contributed by atoms with van der Waals surface area (Å²) in [5.74, 6) is -0.517. The minimum absolute atomic E-state index is 0.0245. The van der Waals surface area contributed by atoms with Crippen molar-refractivity contribution in [2.24, 2.45) is 0 Å². The fourth-order valence-electron chi connectivity index (χ4n) is 2.08. The topological polar surface area (TPSA) is 116 Å². The lowest BCUT2D eigenvalue weighted by atomic mass is 9.99. The summed E-state index contributed by atoms with van der Waals surface area (Å²) in [5, 5.41) is 30.8. The van der Waals surface area contributed by atoms with Crippen LogP contribution in [0.2, 0.25) is 0 Å². The highest BCUT2D eigenvalue weighted by molar-refractivity contribution is 5.77. The van der Waals surface area contributed by atoms with Crippen molar-refractivity contribution in [3.8, 4) is 0 Å². The third kappa shape index (κ3) is 3.49. The molecule has 0 bridgehead atoms. The molecule has 104 valence electrons. The monoisotopic (exact) mass is 261 g/mol. The van der Waals surface area contributed by atoms with Gasteiger partial charge in [-0.15, -0.1) is 0 Å². The van der Waals surface area contributed by atoms with Crippen LogP contribution in [0.1, 0.15) is 20.3 Å². The van der Waals surface area contributed by atoms with Crippen LogP contribution in [0.4, 0.5) is 0 Å². The molecule has 18 heavy (non-hydrogen) atoms. The summed E-state index contributed by atoms with van der Waals surface area (Å²) < 4.78 is 5.36. The van der Waals surface area contributed by atoms with Crippen LogP contribution in [0.15, 0.2) is 0 Å². The molecule has 0 aliphatic carbocycles. The second-order valence-corrected chi connectivity index (χ2v) is 4.51. The molecule has 1 saturated heterocycles. The van der Waals surface area contributed by atoms with E-state index in [0.29, 0.717) is 0 Å². The van der Waals surface area contributed by atoms with Crippen LogP contribution in [-0.4, -0.2) is 64.1 Å². The second kappa shape index (κ2) is 6.24. The van der Waals surface area contributed by atoms with Gasteiger partial charge in [0.15, 0.2) is 0 Å². The van der Waals surface area contributed by atoms with Crippen LogP contribution in [0.25, 0.3) is 0 Å². The summed E-state index contributed by atoms with van der Waals surface area (Å²) in [6.45, 7) is 2.09. The zero-order chi connectivity index (χ0) is 13.9.